The molecule has 0 aliphatic heterocycles. The maximum absolute atomic E-state index is 4.25. The van der Waals surface area contributed by atoms with E-state index in [1.165, 1.54) is 0 Å². The van der Waals surface area contributed by atoms with Gasteiger partial charge in [-0.3, -0.25) is 0 Å². The molecule has 0 fully saturated rings. The molecule has 0 aliphatic rings. The van der Waals surface area contributed by atoms with Crippen molar-refractivity contribution in [3.63, 3.8) is 0 Å². The van der Waals surface area contributed by atoms with Crippen LogP contribution in [0.2, 0.25) is 0 Å². The molecule has 0 radical (unpaired) electrons. The molecule has 0 saturated carbocycles. The Morgan fingerprint density at radius 3 is 2.32 bits per heavy atom. The van der Waals surface area contributed by atoms with E-state index in [-0.39, 0.29) is 5.41 Å². The number of nitrogens with one attached hydrogen (secondary N) is 3. The predicted octanol–water partition coefficient (Wildman–Crippen LogP) is 2.20. The lowest BCUT2D eigenvalue weighted by atomic mass is 9.81. The van der Waals surface area contributed by atoms with Crippen LogP contribution in [0.1, 0.15) is 27.7 Å². The minimum Gasteiger partial charge on any atom is -0.369 e. The van der Waals surface area contributed by atoms with Crippen LogP contribution in [-0.4, -0.2) is 36.6 Å². The van der Waals surface area contributed by atoms with Crippen molar-refractivity contribution < 1.29 is 0 Å². The van der Waals surface area contributed by atoms with Gasteiger partial charge in [0.1, 0.15) is 18.0 Å². The smallest absolute Gasteiger partial charge is 0.131 e. The molecule has 3 N–H and O–H groups in total. The van der Waals surface area contributed by atoms with Gasteiger partial charge in [-0.15, -0.1) is 0 Å². The normalized spacial score (nSPS) is 11.7. The van der Waals surface area contributed by atoms with Crippen LogP contribution in [0.3, 0.4) is 0 Å². The van der Waals surface area contributed by atoms with Crippen LogP contribution in [0.4, 0.5) is 11.6 Å². The van der Waals surface area contributed by atoms with Gasteiger partial charge < -0.3 is 16.0 Å². The Bertz CT molecular complexity index is 376. The second-order valence-corrected chi connectivity index (χ2v) is 5.82. The van der Waals surface area contributed by atoms with Crippen molar-refractivity contribution in [2.75, 3.05) is 37.3 Å². The third-order valence-electron chi connectivity index (χ3n) is 3.64. The van der Waals surface area contributed by atoms with Crippen molar-refractivity contribution in [1.82, 2.24) is 15.3 Å². The first-order chi connectivity index (χ1) is 8.95. The molecule has 0 spiro atoms. The van der Waals surface area contributed by atoms with Crippen LogP contribution in [-0.2, 0) is 0 Å². The molecule has 0 bridgehead atoms. The highest BCUT2D eigenvalue weighted by Gasteiger charge is 2.21. The summed E-state index contributed by atoms with van der Waals surface area (Å²) in [5.74, 6) is 2.35. The second-order valence-electron chi connectivity index (χ2n) is 5.82. The Morgan fingerprint density at radius 2 is 1.74 bits per heavy atom. The van der Waals surface area contributed by atoms with E-state index in [9.17, 15) is 0 Å². The minimum atomic E-state index is 0.241. The van der Waals surface area contributed by atoms with Crippen LogP contribution >= 0.6 is 0 Å². The first-order valence-corrected chi connectivity index (χ1v) is 6.90. The van der Waals surface area contributed by atoms with Crippen molar-refractivity contribution in [2.45, 2.75) is 27.7 Å². The minimum absolute atomic E-state index is 0.241. The molecule has 1 rings (SSSR count). The van der Waals surface area contributed by atoms with E-state index in [0.717, 1.165) is 31.3 Å². The van der Waals surface area contributed by atoms with E-state index in [1.54, 1.807) is 6.33 Å². The summed E-state index contributed by atoms with van der Waals surface area (Å²) in [7, 11) is 1.93. The average molecular weight is 265 g/mol. The van der Waals surface area contributed by atoms with Gasteiger partial charge in [-0.25, -0.2) is 9.97 Å². The lowest BCUT2D eigenvalue weighted by molar-refractivity contribution is 0.269. The van der Waals surface area contributed by atoms with E-state index < -0.39 is 0 Å². The van der Waals surface area contributed by atoms with Gasteiger partial charge in [-0.1, -0.05) is 27.7 Å². The summed E-state index contributed by atoms with van der Waals surface area (Å²) >= 11 is 0. The zero-order chi connectivity index (χ0) is 14.3. The number of likely N-dealkylation sites (N-methyl/N-ethyl adjacent to an activating group) is 1. The molecule has 19 heavy (non-hydrogen) atoms. The van der Waals surface area contributed by atoms with Crippen molar-refractivity contribution in [3.8, 4) is 0 Å². The summed E-state index contributed by atoms with van der Waals surface area (Å²) in [6.45, 7) is 11.7. The summed E-state index contributed by atoms with van der Waals surface area (Å²) in [4.78, 5) is 8.45. The molecule has 5 nitrogen and oxygen atoms in total. The number of aromatic nitrogens is 2. The Labute approximate surface area is 116 Å². The Morgan fingerprint density at radius 1 is 1.11 bits per heavy atom. The summed E-state index contributed by atoms with van der Waals surface area (Å²) in [6, 6.07) is 1.95. The van der Waals surface area contributed by atoms with Gasteiger partial charge in [0.25, 0.3) is 0 Å². The molecule has 108 valence electrons. The van der Waals surface area contributed by atoms with Gasteiger partial charge in [0.05, 0.1) is 0 Å². The van der Waals surface area contributed by atoms with E-state index in [0.29, 0.717) is 5.92 Å². The molecule has 1 aromatic heterocycles. The van der Waals surface area contributed by atoms with Crippen molar-refractivity contribution in [2.24, 2.45) is 11.3 Å². The zero-order valence-electron chi connectivity index (χ0n) is 12.7. The maximum atomic E-state index is 4.25. The zero-order valence-corrected chi connectivity index (χ0v) is 12.7. The van der Waals surface area contributed by atoms with Gasteiger partial charge in [0.15, 0.2) is 0 Å². The Kier molecular flexibility index (Phi) is 6.02. The third-order valence-corrected chi connectivity index (χ3v) is 3.64. The highest BCUT2D eigenvalue weighted by atomic mass is 15.1. The number of hydrogen-bond acceptors (Lipinski definition) is 5. The topological polar surface area (TPSA) is 61.9 Å². The van der Waals surface area contributed by atoms with Gasteiger partial charge >= 0.3 is 0 Å². The van der Waals surface area contributed by atoms with Crippen molar-refractivity contribution in [3.05, 3.63) is 12.4 Å². The van der Waals surface area contributed by atoms with Crippen molar-refractivity contribution >= 4 is 11.6 Å². The van der Waals surface area contributed by atoms with Gasteiger partial charge in [-0.05, 0) is 18.4 Å². The molecule has 0 saturated heterocycles. The predicted molar refractivity (Wildman–Crippen MR) is 81.6 cm³/mol. The molecule has 0 unspecified atom stereocenters. The van der Waals surface area contributed by atoms with Gasteiger partial charge in [0, 0.05) is 25.7 Å². The SMILES string of the molecule is CNCCNc1cc(NCC(C)(C)C(C)C)ncn1. The highest BCUT2D eigenvalue weighted by molar-refractivity contribution is 5.46. The fourth-order valence-electron chi connectivity index (χ4n) is 1.39. The summed E-state index contributed by atoms with van der Waals surface area (Å²) in [5, 5.41) is 9.73. The third kappa shape index (κ3) is 5.42. The molecule has 0 atom stereocenters. The monoisotopic (exact) mass is 265 g/mol. The van der Waals surface area contributed by atoms with Crippen LogP contribution in [0, 0.1) is 11.3 Å². The molecule has 0 aromatic carbocycles. The first kappa shape index (κ1) is 15.7. The second kappa shape index (κ2) is 7.28. The number of nitrogens with zero attached hydrogens (tertiary/aromatic N) is 2. The average Bonchev–Trinajstić information content (AvgIpc) is 2.37. The van der Waals surface area contributed by atoms with Crippen molar-refractivity contribution in [1.29, 1.82) is 0 Å². The van der Waals surface area contributed by atoms with E-state index in [1.807, 2.05) is 13.1 Å². The van der Waals surface area contributed by atoms with Crippen LogP contribution in [0.15, 0.2) is 12.4 Å². The number of hydrogen-bond donors (Lipinski definition) is 3. The van der Waals surface area contributed by atoms with E-state index >= 15 is 0 Å². The van der Waals surface area contributed by atoms with Crippen LogP contribution < -0.4 is 16.0 Å². The molecule has 5 heteroatoms. The molecule has 1 heterocycles. The summed E-state index contributed by atoms with van der Waals surface area (Å²) in [5.41, 5.74) is 0.241. The molecule has 1 aromatic rings. The fraction of sp³-hybridized carbons (Fsp3) is 0.714. The number of anilines is 2. The lowest BCUT2D eigenvalue weighted by Crippen LogP contribution is -2.28. The maximum Gasteiger partial charge on any atom is 0.131 e. The van der Waals surface area contributed by atoms with E-state index in [4.69, 9.17) is 0 Å². The molecular formula is C14H27N5. The fourth-order valence-corrected chi connectivity index (χ4v) is 1.39. The van der Waals surface area contributed by atoms with Gasteiger partial charge in [0.2, 0.25) is 0 Å². The Balaban J connectivity index is 2.52. The molecule has 0 aliphatic carbocycles. The van der Waals surface area contributed by atoms with Crippen LogP contribution in [0.5, 0.6) is 0 Å². The molecular weight excluding hydrogens is 238 g/mol. The largest absolute Gasteiger partial charge is 0.369 e. The van der Waals surface area contributed by atoms with Gasteiger partial charge in [-0.2, -0.15) is 0 Å². The summed E-state index contributed by atoms with van der Waals surface area (Å²) in [6.07, 6.45) is 1.59. The Hall–Kier alpha value is -1.36. The van der Waals surface area contributed by atoms with E-state index in [2.05, 4.69) is 53.6 Å². The lowest BCUT2D eigenvalue weighted by Gasteiger charge is -2.29. The first-order valence-electron chi connectivity index (χ1n) is 6.90. The van der Waals surface area contributed by atoms with Crippen LogP contribution in [0.25, 0.3) is 0 Å². The standard InChI is InChI=1S/C14H27N5/c1-11(2)14(3,4)9-17-13-8-12(18-10-19-13)16-7-6-15-5/h8,10-11,15H,6-7,9H2,1-5H3,(H2,16,17,18,19). The highest BCUT2D eigenvalue weighted by Crippen LogP contribution is 2.26. The quantitative estimate of drug-likeness (QED) is 0.629. The summed E-state index contributed by atoms with van der Waals surface area (Å²) < 4.78 is 0. The molecule has 0 amide bonds. The number of rotatable bonds is 8.